The summed E-state index contributed by atoms with van der Waals surface area (Å²) in [5, 5.41) is -0.0499. The fourth-order valence-corrected chi connectivity index (χ4v) is 1.35. The maximum atomic E-state index is 13.3. The van der Waals surface area contributed by atoms with Gasteiger partial charge in [0.05, 0.1) is 5.02 Å². The topological polar surface area (TPSA) is 26.0 Å². The Bertz CT molecular complexity index is 326. The van der Waals surface area contributed by atoms with Crippen molar-refractivity contribution in [2.45, 2.75) is 25.8 Å². The summed E-state index contributed by atoms with van der Waals surface area (Å²) in [6.45, 7) is 1.79. The molecule has 0 fully saturated rings. The van der Waals surface area contributed by atoms with Crippen molar-refractivity contribution in [3.05, 3.63) is 34.4 Å². The van der Waals surface area contributed by atoms with E-state index >= 15 is 0 Å². The van der Waals surface area contributed by atoms with Crippen LogP contribution >= 0.6 is 11.6 Å². The van der Waals surface area contributed by atoms with E-state index in [1.807, 2.05) is 0 Å². The average molecular weight is 220 g/mol. The Balaban J connectivity index is 2.89. The van der Waals surface area contributed by atoms with Crippen LogP contribution in [0.3, 0.4) is 0 Å². The van der Waals surface area contributed by atoms with Gasteiger partial charge in [-0.15, -0.1) is 0 Å². The quantitative estimate of drug-likeness (QED) is 0.778. The number of benzene rings is 1. The number of nitrogens with two attached hydrogens (primary N) is 1. The van der Waals surface area contributed by atoms with E-state index in [0.29, 0.717) is 6.42 Å². The highest BCUT2D eigenvalue weighted by atomic mass is 35.5. The molecule has 1 rings (SSSR count). The first kappa shape index (κ1) is 11.4. The van der Waals surface area contributed by atoms with Crippen LogP contribution in [0.15, 0.2) is 12.1 Å². The van der Waals surface area contributed by atoms with Crippen LogP contribution in [0.1, 0.15) is 18.9 Å². The van der Waals surface area contributed by atoms with E-state index in [1.165, 1.54) is 12.1 Å². The predicted octanol–water partition coefficient (Wildman–Crippen LogP) is 2.90. The molecule has 14 heavy (non-hydrogen) atoms. The molecule has 78 valence electrons. The fourth-order valence-electron chi connectivity index (χ4n) is 1.17. The van der Waals surface area contributed by atoms with E-state index in [9.17, 15) is 8.78 Å². The van der Waals surface area contributed by atoms with Crippen LogP contribution < -0.4 is 5.73 Å². The summed E-state index contributed by atoms with van der Waals surface area (Å²) < 4.78 is 26.4. The Morgan fingerprint density at radius 3 is 2.64 bits per heavy atom. The third-order valence-electron chi connectivity index (χ3n) is 1.99. The van der Waals surface area contributed by atoms with Crippen molar-refractivity contribution in [2.24, 2.45) is 5.73 Å². The molecule has 0 heterocycles. The SMILES string of the molecule is C[C@@H](N)CCc1c(F)ccc(Cl)c1F. The number of halogens is 3. The lowest BCUT2D eigenvalue weighted by atomic mass is 10.1. The molecule has 0 bridgehead atoms. The largest absolute Gasteiger partial charge is 0.328 e. The summed E-state index contributed by atoms with van der Waals surface area (Å²) in [5.74, 6) is -1.24. The molecule has 0 aliphatic heterocycles. The zero-order valence-electron chi connectivity index (χ0n) is 7.86. The Labute approximate surface area is 86.9 Å². The van der Waals surface area contributed by atoms with Crippen molar-refractivity contribution in [3.8, 4) is 0 Å². The molecule has 1 nitrogen and oxygen atoms in total. The van der Waals surface area contributed by atoms with Crippen LogP contribution in [-0.2, 0) is 6.42 Å². The second-order valence-corrected chi connectivity index (χ2v) is 3.74. The summed E-state index contributed by atoms with van der Waals surface area (Å²) in [7, 11) is 0. The monoisotopic (exact) mass is 219 g/mol. The molecule has 0 saturated carbocycles. The lowest BCUT2D eigenvalue weighted by Gasteiger charge is -2.08. The summed E-state index contributed by atoms with van der Waals surface area (Å²) in [6.07, 6.45) is 0.810. The van der Waals surface area contributed by atoms with Gasteiger partial charge in [0.25, 0.3) is 0 Å². The molecule has 0 aromatic heterocycles. The first-order chi connectivity index (χ1) is 6.52. The van der Waals surface area contributed by atoms with Crippen molar-refractivity contribution in [1.82, 2.24) is 0 Å². The average Bonchev–Trinajstić information content (AvgIpc) is 2.11. The molecule has 1 atom stereocenters. The Hall–Kier alpha value is -0.670. The maximum absolute atomic E-state index is 13.3. The molecule has 0 spiro atoms. The molecule has 1 aromatic carbocycles. The molecular weight excluding hydrogens is 208 g/mol. The highest BCUT2D eigenvalue weighted by molar-refractivity contribution is 6.30. The van der Waals surface area contributed by atoms with Gasteiger partial charge in [-0.2, -0.15) is 0 Å². The zero-order valence-corrected chi connectivity index (χ0v) is 8.61. The number of hydrogen-bond acceptors (Lipinski definition) is 1. The highest BCUT2D eigenvalue weighted by Crippen LogP contribution is 2.22. The second-order valence-electron chi connectivity index (χ2n) is 3.34. The number of rotatable bonds is 3. The van der Waals surface area contributed by atoms with Gasteiger partial charge >= 0.3 is 0 Å². The molecule has 0 radical (unpaired) electrons. The van der Waals surface area contributed by atoms with Gasteiger partial charge in [0.1, 0.15) is 11.6 Å². The van der Waals surface area contributed by atoms with E-state index in [2.05, 4.69) is 0 Å². The minimum atomic E-state index is -0.674. The van der Waals surface area contributed by atoms with Gasteiger partial charge in [-0.25, -0.2) is 8.78 Å². The van der Waals surface area contributed by atoms with Crippen molar-refractivity contribution in [3.63, 3.8) is 0 Å². The smallest absolute Gasteiger partial charge is 0.147 e. The van der Waals surface area contributed by atoms with Gasteiger partial charge < -0.3 is 5.73 Å². The Kier molecular flexibility index (Phi) is 3.84. The third-order valence-corrected chi connectivity index (χ3v) is 2.28. The first-order valence-electron chi connectivity index (χ1n) is 4.40. The van der Waals surface area contributed by atoms with Crippen LogP contribution in [0.25, 0.3) is 0 Å². The second kappa shape index (κ2) is 4.71. The van der Waals surface area contributed by atoms with Crippen molar-refractivity contribution >= 4 is 11.6 Å². The van der Waals surface area contributed by atoms with Crippen LogP contribution in [-0.4, -0.2) is 6.04 Å². The van der Waals surface area contributed by atoms with Gasteiger partial charge in [-0.3, -0.25) is 0 Å². The van der Waals surface area contributed by atoms with Crippen molar-refractivity contribution < 1.29 is 8.78 Å². The van der Waals surface area contributed by atoms with E-state index < -0.39 is 11.6 Å². The highest BCUT2D eigenvalue weighted by Gasteiger charge is 2.12. The van der Waals surface area contributed by atoms with Crippen LogP contribution in [0, 0.1) is 11.6 Å². The summed E-state index contributed by atoms with van der Waals surface area (Å²) in [5.41, 5.74) is 5.52. The van der Waals surface area contributed by atoms with E-state index in [4.69, 9.17) is 17.3 Å². The van der Waals surface area contributed by atoms with E-state index in [-0.39, 0.29) is 23.0 Å². The zero-order chi connectivity index (χ0) is 10.7. The minimum Gasteiger partial charge on any atom is -0.328 e. The Morgan fingerprint density at radius 1 is 1.43 bits per heavy atom. The standard InChI is InChI=1S/C10H12ClF2N/c1-6(14)2-3-7-9(12)5-4-8(11)10(7)13/h4-6H,2-3,14H2,1H3/t6-/m1/s1. The van der Waals surface area contributed by atoms with Gasteiger partial charge in [-0.05, 0) is 31.9 Å². The molecule has 0 aliphatic carbocycles. The lowest BCUT2D eigenvalue weighted by molar-refractivity contribution is 0.540. The van der Waals surface area contributed by atoms with E-state index in [0.717, 1.165) is 0 Å². The van der Waals surface area contributed by atoms with Gasteiger partial charge in [0.15, 0.2) is 0 Å². The molecule has 0 unspecified atom stereocenters. The summed E-state index contributed by atoms with van der Waals surface area (Å²) in [6, 6.07) is 2.30. The molecule has 2 N–H and O–H groups in total. The summed E-state index contributed by atoms with van der Waals surface area (Å²) >= 11 is 5.53. The van der Waals surface area contributed by atoms with Crippen molar-refractivity contribution in [2.75, 3.05) is 0 Å². The molecular formula is C10H12ClF2N. The van der Waals surface area contributed by atoms with Crippen LogP contribution in [0.5, 0.6) is 0 Å². The van der Waals surface area contributed by atoms with E-state index in [1.54, 1.807) is 6.92 Å². The lowest BCUT2D eigenvalue weighted by Crippen LogP contribution is -2.16. The van der Waals surface area contributed by atoms with Gasteiger partial charge in [0.2, 0.25) is 0 Å². The first-order valence-corrected chi connectivity index (χ1v) is 4.78. The normalized spacial score (nSPS) is 12.9. The predicted molar refractivity (Wildman–Crippen MR) is 53.3 cm³/mol. The molecule has 4 heteroatoms. The third kappa shape index (κ3) is 2.66. The molecule has 0 saturated heterocycles. The Morgan fingerprint density at radius 2 is 2.07 bits per heavy atom. The van der Waals surface area contributed by atoms with Crippen LogP contribution in [0.2, 0.25) is 5.02 Å². The molecule has 0 aliphatic rings. The fraction of sp³-hybridized carbons (Fsp3) is 0.400. The van der Waals surface area contributed by atoms with Crippen molar-refractivity contribution in [1.29, 1.82) is 0 Å². The minimum absolute atomic E-state index is 0.0230. The molecule has 1 aromatic rings. The summed E-state index contributed by atoms with van der Waals surface area (Å²) in [4.78, 5) is 0. The van der Waals surface area contributed by atoms with Crippen LogP contribution in [0.4, 0.5) is 8.78 Å². The molecule has 0 amide bonds. The van der Waals surface area contributed by atoms with Gasteiger partial charge in [0, 0.05) is 11.6 Å². The van der Waals surface area contributed by atoms with Gasteiger partial charge in [-0.1, -0.05) is 11.6 Å². The number of hydrogen-bond donors (Lipinski definition) is 1. The maximum Gasteiger partial charge on any atom is 0.147 e.